The largest absolute Gasteiger partial charge is 0.508 e. The first kappa shape index (κ1) is 32.1. The highest BCUT2D eigenvalue weighted by Crippen LogP contribution is 2.60. The van der Waals surface area contributed by atoms with E-state index in [2.05, 4.69) is 4.98 Å². The highest BCUT2D eigenvalue weighted by atomic mass is 16.5. The van der Waals surface area contributed by atoms with Gasteiger partial charge in [0.2, 0.25) is 0 Å². The molecule has 1 saturated carbocycles. The molecule has 4 atom stereocenters. The number of ketones is 2. The van der Waals surface area contributed by atoms with Gasteiger partial charge in [-0.25, -0.2) is 28.5 Å². The maximum atomic E-state index is 14.2. The molecule has 0 spiro atoms. The van der Waals surface area contributed by atoms with E-state index in [4.69, 9.17) is 9.47 Å². The zero-order chi connectivity index (χ0) is 35.1. The predicted octanol–water partition coefficient (Wildman–Crippen LogP) is 2.80. The summed E-state index contributed by atoms with van der Waals surface area (Å²) in [6, 6.07) is 9.22. The summed E-state index contributed by atoms with van der Waals surface area (Å²) in [5.74, 6) is -0.661. The van der Waals surface area contributed by atoms with Crippen LogP contribution in [0.4, 0.5) is 0 Å². The van der Waals surface area contributed by atoms with Gasteiger partial charge in [0.1, 0.15) is 11.4 Å². The number of benzene rings is 2. The van der Waals surface area contributed by atoms with Gasteiger partial charge >= 0.3 is 11.4 Å². The predicted molar refractivity (Wildman–Crippen MR) is 179 cm³/mol. The Hall–Kier alpha value is -5.46. The fourth-order valence-electron chi connectivity index (χ4n) is 8.22. The van der Waals surface area contributed by atoms with Crippen molar-refractivity contribution >= 4 is 22.6 Å². The molecule has 1 aliphatic heterocycles. The van der Waals surface area contributed by atoms with Crippen LogP contribution in [-0.4, -0.2) is 54.4 Å². The van der Waals surface area contributed by atoms with Gasteiger partial charge in [-0.3, -0.25) is 14.4 Å². The molecule has 0 unspecified atom stereocenters. The molecule has 13 heteroatoms. The minimum atomic E-state index is -1.14. The van der Waals surface area contributed by atoms with Crippen LogP contribution >= 0.6 is 0 Å². The number of methoxy groups -OCH3 is 2. The Morgan fingerprint density at radius 1 is 0.959 bits per heavy atom. The average molecular weight is 668 g/mol. The summed E-state index contributed by atoms with van der Waals surface area (Å²) in [6.45, 7) is 5.14. The molecule has 2 aromatic heterocycles. The van der Waals surface area contributed by atoms with Crippen molar-refractivity contribution in [2.24, 2.45) is 18.4 Å². The molecule has 49 heavy (non-hydrogen) atoms. The fourth-order valence-corrected chi connectivity index (χ4v) is 8.22. The topological polar surface area (TPSA) is 157 Å². The molecular formula is C36H37N5O8. The van der Waals surface area contributed by atoms with E-state index in [-0.39, 0.29) is 54.5 Å². The van der Waals surface area contributed by atoms with Crippen molar-refractivity contribution in [1.29, 1.82) is 0 Å². The van der Waals surface area contributed by atoms with Crippen LogP contribution in [-0.2, 0) is 36.1 Å². The maximum Gasteiger partial charge on any atom is 0.347 e. The third kappa shape index (κ3) is 4.51. The normalized spacial score (nSPS) is 23.2. The number of carbonyl (C=O) groups excluding carboxylic acids is 2. The van der Waals surface area contributed by atoms with Crippen molar-refractivity contribution < 1.29 is 24.2 Å². The molecule has 1 N–H and O–H groups in total. The molecule has 0 saturated heterocycles. The second kappa shape index (κ2) is 11.3. The van der Waals surface area contributed by atoms with Crippen molar-refractivity contribution in [2.75, 3.05) is 14.2 Å². The number of carbonyl (C=O) groups is 2. The van der Waals surface area contributed by atoms with Crippen molar-refractivity contribution in [2.45, 2.75) is 58.7 Å². The lowest BCUT2D eigenvalue weighted by molar-refractivity contribution is -0.140. The number of hydrogen-bond acceptors (Lipinski definition) is 9. The van der Waals surface area contributed by atoms with E-state index in [0.29, 0.717) is 33.7 Å². The Labute approximate surface area is 280 Å². The van der Waals surface area contributed by atoms with E-state index in [1.54, 1.807) is 57.3 Å². The third-order valence-corrected chi connectivity index (χ3v) is 11.0. The quantitative estimate of drug-likeness (QED) is 0.306. The van der Waals surface area contributed by atoms with Gasteiger partial charge in [0.05, 0.1) is 43.3 Å². The standard InChI is InChI=1S/C36H37N5O8/c1-18-19(2)32(44)36(3)23(31(18)43)15-26-22(30(36)20-7-9-21(42)10-8-20)11-14-40-34(46)39(35(47)41(26)40)13-12-24-33(45)38(4)27-17-29(49-6)28(48-5)16-25(27)37-24/h7-11,16-17,23,26,30,42H,12-15H2,1-6H3/t23-,26+,30-,36+/m0/s1. The highest BCUT2D eigenvalue weighted by Gasteiger charge is 2.60. The van der Waals surface area contributed by atoms with Gasteiger partial charge in [-0.05, 0) is 54.7 Å². The molecule has 2 aromatic carbocycles. The number of Topliss-reactive ketones (excluding diaryl/α,β-unsaturated/α-hetero) is 2. The van der Waals surface area contributed by atoms with Gasteiger partial charge in [-0.15, -0.1) is 0 Å². The Balaban J connectivity index is 1.30. The molecule has 3 heterocycles. The molecule has 4 aromatic rings. The Bertz CT molecular complexity index is 2340. The first-order valence-electron chi connectivity index (χ1n) is 16.1. The fraction of sp³-hybridized carbons (Fsp3) is 0.389. The molecule has 0 amide bonds. The lowest BCUT2D eigenvalue weighted by Crippen LogP contribution is -2.55. The summed E-state index contributed by atoms with van der Waals surface area (Å²) in [6.07, 6.45) is 2.05. The molecular weight excluding hydrogens is 630 g/mol. The summed E-state index contributed by atoms with van der Waals surface area (Å²) in [5, 5.41) is 10.1. The average Bonchev–Trinajstić information content (AvgIpc) is 3.35. The van der Waals surface area contributed by atoms with E-state index in [1.807, 2.05) is 13.0 Å². The van der Waals surface area contributed by atoms with Crippen LogP contribution in [0, 0.1) is 11.3 Å². The lowest BCUT2D eigenvalue weighted by atomic mass is 9.50. The molecule has 1 fully saturated rings. The first-order valence-corrected chi connectivity index (χ1v) is 16.1. The van der Waals surface area contributed by atoms with E-state index in [9.17, 15) is 29.1 Å². The van der Waals surface area contributed by atoms with Gasteiger partial charge in [-0.1, -0.05) is 25.1 Å². The Morgan fingerprint density at radius 3 is 2.31 bits per heavy atom. The second-order valence-electron chi connectivity index (χ2n) is 13.3. The SMILES string of the molecule is COc1cc2nc(CCn3c(=O)n4n(c3=O)[C@@H]3C[C@H]5C(=O)C(C)=C(C)C(=O)[C@@]5(C)[C@@H](c5ccc(O)cc5)C3=CC4)c(=O)n(C)c2cc1OC. The zero-order valence-corrected chi connectivity index (χ0v) is 28.1. The smallest absolute Gasteiger partial charge is 0.347 e. The number of aryl methyl sites for hydroxylation is 2. The van der Waals surface area contributed by atoms with Gasteiger partial charge in [0, 0.05) is 44.0 Å². The molecule has 3 aliphatic rings. The highest BCUT2D eigenvalue weighted by molar-refractivity contribution is 6.15. The first-order chi connectivity index (χ1) is 23.3. The van der Waals surface area contributed by atoms with Crippen LogP contribution in [0.25, 0.3) is 11.0 Å². The molecule has 2 aliphatic carbocycles. The minimum absolute atomic E-state index is 0.00809. The summed E-state index contributed by atoms with van der Waals surface area (Å²) >= 11 is 0. The van der Waals surface area contributed by atoms with Crippen LogP contribution < -0.4 is 26.4 Å². The van der Waals surface area contributed by atoms with Gasteiger partial charge in [0.25, 0.3) is 5.56 Å². The minimum Gasteiger partial charge on any atom is -0.508 e. The number of aromatic hydroxyl groups is 1. The number of fused-ring (bicyclic) bond motifs is 5. The Morgan fingerprint density at radius 2 is 1.63 bits per heavy atom. The number of rotatable bonds is 6. The second-order valence-corrected chi connectivity index (χ2v) is 13.3. The summed E-state index contributed by atoms with van der Waals surface area (Å²) in [7, 11) is 4.62. The number of hydrogen-bond donors (Lipinski definition) is 1. The number of allylic oxidation sites excluding steroid dienone is 4. The maximum absolute atomic E-state index is 14.2. The number of phenols is 1. The van der Waals surface area contributed by atoms with Crippen LogP contribution in [0.1, 0.15) is 50.4 Å². The number of aromatic nitrogens is 5. The summed E-state index contributed by atoms with van der Waals surface area (Å²) in [5.41, 5.74) is 0.893. The third-order valence-electron chi connectivity index (χ3n) is 11.0. The summed E-state index contributed by atoms with van der Waals surface area (Å²) in [4.78, 5) is 73.9. The Kier molecular flexibility index (Phi) is 7.41. The molecule has 254 valence electrons. The molecule has 13 nitrogen and oxygen atoms in total. The van der Waals surface area contributed by atoms with Crippen molar-refractivity contribution in [3.63, 3.8) is 0 Å². The zero-order valence-electron chi connectivity index (χ0n) is 28.1. The monoisotopic (exact) mass is 667 g/mol. The van der Waals surface area contributed by atoms with Crippen molar-refractivity contribution in [1.82, 2.24) is 23.5 Å². The molecule has 0 radical (unpaired) electrons. The van der Waals surface area contributed by atoms with Crippen molar-refractivity contribution in [3.8, 4) is 17.2 Å². The van der Waals surface area contributed by atoms with Gasteiger partial charge in [-0.2, -0.15) is 0 Å². The van der Waals surface area contributed by atoms with Crippen LogP contribution in [0.15, 0.2) is 73.6 Å². The van der Waals surface area contributed by atoms with Crippen LogP contribution in [0.3, 0.4) is 0 Å². The van der Waals surface area contributed by atoms with Gasteiger partial charge in [0.15, 0.2) is 23.1 Å². The van der Waals surface area contributed by atoms with E-state index in [1.165, 1.54) is 28.2 Å². The van der Waals surface area contributed by atoms with E-state index in [0.717, 1.165) is 15.7 Å². The van der Waals surface area contributed by atoms with Crippen LogP contribution in [0.2, 0.25) is 0 Å². The lowest BCUT2D eigenvalue weighted by Gasteiger charge is -2.53. The number of phenolic OH excluding ortho intramolecular Hbond substituents is 1. The van der Waals surface area contributed by atoms with E-state index < -0.39 is 34.7 Å². The number of ether oxygens (including phenoxy) is 2. The van der Waals surface area contributed by atoms with E-state index >= 15 is 0 Å². The van der Waals surface area contributed by atoms with Gasteiger partial charge < -0.3 is 19.1 Å². The molecule has 0 bridgehead atoms. The van der Waals surface area contributed by atoms with Crippen LogP contribution in [0.5, 0.6) is 17.2 Å². The summed E-state index contributed by atoms with van der Waals surface area (Å²) < 4.78 is 16.1. The molecule has 7 rings (SSSR count). The van der Waals surface area contributed by atoms with Crippen molar-refractivity contribution in [3.05, 3.63) is 102 Å². The number of nitrogens with zero attached hydrogens (tertiary/aromatic N) is 5.